The van der Waals surface area contributed by atoms with E-state index in [4.69, 9.17) is 5.11 Å². The van der Waals surface area contributed by atoms with Crippen LogP contribution in [0.4, 0.5) is 0 Å². The lowest BCUT2D eigenvalue weighted by molar-refractivity contribution is 0.298. The molecule has 0 spiro atoms. The number of fused-ring (bicyclic) bond motifs is 1. The summed E-state index contributed by atoms with van der Waals surface area (Å²) < 4.78 is 1.97. The maximum absolute atomic E-state index is 8.75. The van der Waals surface area contributed by atoms with Crippen LogP contribution in [0, 0.1) is 6.92 Å². The number of aromatic nitrogens is 2. The normalized spacial score (nSPS) is 10.9. The van der Waals surface area contributed by atoms with E-state index in [9.17, 15) is 0 Å². The average Bonchev–Trinajstić information content (AvgIpc) is 2.46. The van der Waals surface area contributed by atoms with Crippen LogP contribution in [0.15, 0.2) is 24.5 Å². The summed E-state index contributed by atoms with van der Waals surface area (Å²) in [5.74, 6) is 0. The van der Waals surface area contributed by atoms with Gasteiger partial charge < -0.3 is 9.51 Å². The topological polar surface area (TPSA) is 37.5 Å². The van der Waals surface area contributed by atoms with Crippen LogP contribution in [0.1, 0.15) is 11.3 Å². The highest BCUT2D eigenvalue weighted by atomic mass is 16.3. The lowest BCUT2D eigenvalue weighted by atomic mass is 10.3. The van der Waals surface area contributed by atoms with E-state index < -0.39 is 0 Å². The van der Waals surface area contributed by atoms with E-state index in [1.807, 2.05) is 35.9 Å². The predicted molar refractivity (Wildman–Crippen MR) is 50.7 cm³/mol. The number of imidazole rings is 1. The van der Waals surface area contributed by atoms with Crippen LogP contribution in [0.25, 0.3) is 5.65 Å². The second-order valence-electron chi connectivity index (χ2n) is 3.18. The molecule has 0 radical (unpaired) electrons. The number of hydrogen-bond acceptors (Lipinski definition) is 2. The number of hydrogen-bond donors (Lipinski definition) is 1. The fraction of sp³-hybridized carbons (Fsp3) is 0.300. The molecule has 0 saturated carbocycles. The standard InChI is InChI=1S/C10H12N2O/c1-8-2-4-12-7-9(3-5-13)11-10(12)6-8/h2,4,6-7,13H,3,5H2,1H3. The molecule has 0 aliphatic heterocycles. The minimum atomic E-state index is 0.156. The van der Waals surface area contributed by atoms with Crippen LogP contribution >= 0.6 is 0 Å². The van der Waals surface area contributed by atoms with Crippen molar-refractivity contribution in [3.8, 4) is 0 Å². The number of aliphatic hydroxyl groups excluding tert-OH is 1. The maximum Gasteiger partial charge on any atom is 0.137 e. The van der Waals surface area contributed by atoms with Crippen molar-refractivity contribution in [2.24, 2.45) is 0 Å². The van der Waals surface area contributed by atoms with Crippen molar-refractivity contribution in [1.29, 1.82) is 0 Å². The highest BCUT2D eigenvalue weighted by Gasteiger charge is 1.99. The van der Waals surface area contributed by atoms with Crippen molar-refractivity contribution in [2.75, 3.05) is 6.61 Å². The van der Waals surface area contributed by atoms with Crippen LogP contribution < -0.4 is 0 Å². The summed E-state index contributed by atoms with van der Waals surface area (Å²) in [6, 6.07) is 4.07. The summed E-state index contributed by atoms with van der Waals surface area (Å²) in [5.41, 5.74) is 3.09. The minimum absolute atomic E-state index is 0.156. The van der Waals surface area contributed by atoms with Gasteiger partial charge in [-0.15, -0.1) is 0 Å². The second-order valence-corrected chi connectivity index (χ2v) is 3.18. The Labute approximate surface area is 76.7 Å². The Morgan fingerprint density at radius 2 is 2.38 bits per heavy atom. The van der Waals surface area contributed by atoms with Gasteiger partial charge in [-0.25, -0.2) is 4.98 Å². The summed E-state index contributed by atoms with van der Waals surface area (Å²) in [4.78, 5) is 4.37. The number of aryl methyl sites for hydroxylation is 1. The minimum Gasteiger partial charge on any atom is -0.396 e. The van der Waals surface area contributed by atoms with Crippen molar-refractivity contribution in [1.82, 2.24) is 9.38 Å². The third-order valence-corrected chi connectivity index (χ3v) is 2.03. The SMILES string of the molecule is Cc1ccn2cc(CCO)nc2c1. The quantitative estimate of drug-likeness (QED) is 0.746. The molecule has 0 saturated heterocycles. The van der Waals surface area contributed by atoms with Gasteiger partial charge in [0.05, 0.1) is 5.69 Å². The number of aliphatic hydroxyl groups is 1. The van der Waals surface area contributed by atoms with Crippen molar-refractivity contribution in [2.45, 2.75) is 13.3 Å². The van der Waals surface area contributed by atoms with Crippen LogP contribution in [-0.4, -0.2) is 21.1 Å². The van der Waals surface area contributed by atoms with Gasteiger partial charge in [-0.3, -0.25) is 0 Å². The average molecular weight is 176 g/mol. The van der Waals surface area contributed by atoms with Gasteiger partial charge in [-0.05, 0) is 24.6 Å². The largest absolute Gasteiger partial charge is 0.396 e. The van der Waals surface area contributed by atoms with Gasteiger partial charge >= 0.3 is 0 Å². The summed E-state index contributed by atoms with van der Waals surface area (Å²) >= 11 is 0. The molecule has 0 unspecified atom stereocenters. The van der Waals surface area contributed by atoms with Gasteiger partial charge in [0, 0.05) is 25.4 Å². The van der Waals surface area contributed by atoms with Gasteiger partial charge in [-0.2, -0.15) is 0 Å². The molecule has 0 fully saturated rings. The fourth-order valence-corrected chi connectivity index (χ4v) is 1.37. The van der Waals surface area contributed by atoms with Gasteiger partial charge in [0.1, 0.15) is 5.65 Å². The Bertz CT molecular complexity index is 420. The van der Waals surface area contributed by atoms with Crippen molar-refractivity contribution in [3.63, 3.8) is 0 Å². The number of nitrogens with zero attached hydrogens (tertiary/aromatic N) is 2. The Kier molecular flexibility index (Phi) is 2.02. The number of pyridine rings is 1. The zero-order chi connectivity index (χ0) is 9.26. The molecule has 0 aliphatic rings. The molecule has 1 N–H and O–H groups in total. The van der Waals surface area contributed by atoms with Crippen molar-refractivity contribution in [3.05, 3.63) is 35.8 Å². The zero-order valence-electron chi connectivity index (χ0n) is 7.57. The van der Waals surface area contributed by atoms with E-state index in [-0.39, 0.29) is 6.61 Å². The van der Waals surface area contributed by atoms with Gasteiger partial charge in [0.2, 0.25) is 0 Å². The van der Waals surface area contributed by atoms with Gasteiger partial charge in [0.15, 0.2) is 0 Å². The molecule has 0 bridgehead atoms. The third kappa shape index (κ3) is 1.55. The predicted octanol–water partition coefficient (Wildman–Crippen LogP) is 1.18. The Balaban J connectivity index is 2.49. The highest BCUT2D eigenvalue weighted by molar-refractivity contribution is 5.42. The summed E-state index contributed by atoms with van der Waals surface area (Å²) in [5, 5.41) is 8.75. The molecule has 0 atom stereocenters. The molecular formula is C10H12N2O. The Hall–Kier alpha value is -1.35. The molecule has 0 amide bonds. The first kappa shape index (κ1) is 8.26. The van der Waals surface area contributed by atoms with Crippen LogP contribution in [0.2, 0.25) is 0 Å². The van der Waals surface area contributed by atoms with E-state index in [0.717, 1.165) is 11.3 Å². The third-order valence-electron chi connectivity index (χ3n) is 2.03. The lowest BCUT2D eigenvalue weighted by Gasteiger charge is -1.92. The molecular weight excluding hydrogens is 164 g/mol. The first-order valence-corrected chi connectivity index (χ1v) is 4.35. The first-order valence-electron chi connectivity index (χ1n) is 4.35. The zero-order valence-corrected chi connectivity index (χ0v) is 7.57. The summed E-state index contributed by atoms with van der Waals surface area (Å²) in [6.45, 7) is 2.20. The summed E-state index contributed by atoms with van der Waals surface area (Å²) in [7, 11) is 0. The first-order chi connectivity index (χ1) is 6.29. The van der Waals surface area contributed by atoms with Crippen LogP contribution in [0.3, 0.4) is 0 Å². The fourth-order valence-electron chi connectivity index (χ4n) is 1.37. The van der Waals surface area contributed by atoms with Crippen molar-refractivity contribution >= 4 is 5.65 Å². The van der Waals surface area contributed by atoms with E-state index in [0.29, 0.717) is 6.42 Å². The van der Waals surface area contributed by atoms with Crippen LogP contribution in [0.5, 0.6) is 0 Å². The number of rotatable bonds is 2. The second kappa shape index (κ2) is 3.18. The van der Waals surface area contributed by atoms with E-state index in [1.54, 1.807) is 0 Å². The van der Waals surface area contributed by atoms with Crippen LogP contribution in [-0.2, 0) is 6.42 Å². The van der Waals surface area contributed by atoms with Gasteiger partial charge in [-0.1, -0.05) is 0 Å². The molecule has 13 heavy (non-hydrogen) atoms. The monoisotopic (exact) mass is 176 g/mol. The summed E-state index contributed by atoms with van der Waals surface area (Å²) in [6.07, 6.45) is 4.56. The highest BCUT2D eigenvalue weighted by Crippen LogP contribution is 2.07. The van der Waals surface area contributed by atoms with E-state index in [2.05, 4.69) is 4.98 Å². The molecule has 2 aromatic rings. The molecule has 0 aromatic carbocycles. The molecule has 3 nitrogen and oxygen atoms in total. The lowest BCUT2D eigenvalue weighted by Crippen LogP contribution is -1.89. The van der Waals surface area contributed by atoms with E-state index in [1.165, 1.54) is 5.56 Å². The molecule has 2 aromatic heterocycles. The molecule has 2 rings (SSSR count). The Morgan fingerprint density at radius 1 is 1.54 bits per heavy atom. The molecule has 2 heterocycles. The maximum atomic E-state index is 8.75. The molecule has 68 valence electrons. The van der Waals surface area contributed by atoms with E-state index >= 15 is 0 Å². The van der Waals surface area contributed by atoms with Gasteiger partial charge in [0.25, 0.3) is 0 Å². The Morgan fingerprint density at radius 3 is 3.15 bits per heavy atom. The molecule has 0 aliphatic carbocycles. The smallest absolute Gasteiger partial charge is 0.137 e. The van der Waals surface area contributed by atoms with Crippen molar-refractivity contribution < 1.29 is 5.11 Å². The molecule has 3 heteroatoms.